The zero-order chi connectivity index (χ0) is 27.0. The molecule has 1 heterocycles. The van der Waals surface area contributed by atoms with Gasteiger partial charge in [0.2, 0.25) is 11.8 Å². The van der Waals surface area contributed by atoms with Crippen molar-refractivity contribution in [1.29, 1.82) is 0 Å². The van der Waals surface area contributed by atoms with Gasteiger partial charge in [0.25, 0.3) is 0 Å². The van der Waals surface area contributed by atoms with Crippen molar-refractivity contribution in [1.82, 2.24) is 0 Å². The van der Waals surface area contributed by atoms with Gasteiger partial charge in [0, 0.05) is 21.1 Å². The lowest BCUT2D eigenvalue weighted by Crippen LogP contribution is -2.54. The van der Waals surface area contributed by atoms with Crippen LogP contribution in [-0.2, 0) is 15.0 Å². The highest BCUT2D eigenvalue weighted by molar-refractivity contribution is 14.1. The third-order valence-electron chi connectivity index (χ3n) is 8.94. The van der Waals surface area contributed by atoms with Crippen LogP contribution in [0.15, 0.2) is 120 Å². The van der Waals surface area contributed by atoms with Crippen LogP contribution in [-0.4, -0.2) is 18.0 Å². The van der Waals surface area contributed by atoms with Gasteiger partial charge < -0.3 is 0 Å². The van der Waals surface area contributed by atoms with Crippen LogP contribution >= 0.6 is 22.6 Å². The third-order valence-corrected chi connectivity index (χ3v) is 9.65. The number of aliphatic imine (C=N–C) groups is 1. The Bertz CT molecular complexity index is 1840. The molecule has 0 N–H and O–H groups in total. The molecule has 0 saturated carbocycles. The molecule has 0 spiro atoms. The van der Waals surface area contributed by atoms with Crippen molar-refractivity contribution in [2.45, 2.75) is 11.3 Å². The topological polar surface area (TPSA) is 49.7 Å². The first kappa shape index (κ1) is 23.8. The predicted molar refractivity (Wildman–Crippen MR) is 166 cm³/mol. The maximum Gasteiger partial charge on any atom is 0.239 e. The first-order chi connectivity index (χ1) is 19.6. The smallest absolute Gasteiger partial charge is 0.239 e. The van der Waals surface area contributed by atoms with Crippen LogP contribution < -0.4 is 4.90 Å². The van der Waals surface area contributed by atoms with Crippen LogP contribution in [0.2, 0.25) is 0 Å². The number of imide groups is 1. The molecule has 2 amide bonds. The quantitative estimate of drug-likeness (QED) is 0.119. The van der Waals surface area contributed by atoms with Gasteiger partial charge in [-0.25, -0.2) is 4.90 Å². The summed E-state index contributed by atoms with van der Waals surface area (Å²) in [5.74, 6) is -1.59. The van der Waals surface area contributed by atoms with Gasteiger partial charge in [0.15, 0.2) is 0 Å². The van der Waals surface area contributed by atoms with Crippen molar-refractivity contribution < 1.29 is 9.59 Å². The van der Waals surface area contributed by atoms with Gasteiger partial charge in [-0.2, -0.15) is 0 Å². The summed E-state index contributed by atoms with van der Waals surface area (Å²) in [7, 11) is 0. The van der Waals surface area contributed by atoms with E-state index in [1.807, 2.05) is 97.2 Å². The predicted octanol–water partition coefficient (Wildman–Crippen LogP) is 7.40. The van der Waals surface area contributed by atoms with E-state index in [1.54, 1.807) is 0 Å². The van der Waals surface area contributed by atoms with E-state index >= 15 is 0 Å². The van der Waals surface area contributed by atoms with Gasteiger partial charge in [0.1, 0.15) is 0 Å². The third kappa shape index (κ3) is 3.09. The number of rotatable bonds is 3. The Balaban J connectivity index is 1.40. The zero-order valence-electron chi connectivity index (χ0n) is 21.4. The minimum absolute atomic E-state index is 0.132. The summed E-state index contributed by atoms with van der Waals surface area (Å²) in [6.45, 7) is 0. The summed E-state index contributed by atoms with van der Waals surface area (Å²) in [6.07, 6.45) is 1.96. The van der Waals surface area contributed by atoms with Gasteiger partial charge in [-0.3, -0.25) is 14.6 Å². The van der Waals surface area contributed by atoms with Crippen molar-refractivity contribution >= 4 is 62.8 Å². The molecule has 5 heteroatoms. The van der Waals surface area contributed by atoms with Crippen molar-refractivity contribution in [2.75, 3.05) is 4.90 Å². The molecule has 1 aliphatic heterocycles. The molecule has 0 radical (unpaired) electrons. The minimum Gasteiger partial charge on any atom is -0.274 e. The number of anilines is 1. The van der Waals surface area contributed by atoms with Gasteiger partial charge in [-0.1, -0.05) is 84.9 Å². The number of halogens is 1. The summed E-state index contributed by atoms with van der Waals surface area (Å²) in [6, 6.07) is 38.4. The van der Waals surface area contributed by atoms with Gasteiger partial charge in [-0.15, -0.1) is 0 Å². The van der Waals surface area contributed by atoms with Crippen molar-refractivity contribution in [2.24, 2.45) is 16.8 Å². The molecular formula is C35H23IN2O2. The lowest BCUT2D eigenvalue weighted by atomic mass is 9.47. The summed E-state index contributed by atoms with van der Waals surface area (Å²) >= 11 is 2.28. The first-order valence-corrected chi connectivity index (χ1v) is 14.5. The largest absolute Gasteiger partial charge is 0.274 e. The standard InChI is InChI=1S/C35H23IN2O2/c36-22-16-18-23(19-17-22)37-20-35-27-13-5-3-11-25(27)30(26-12-4-6-14-28(26)35)31-32(35)34(40)38(33(31)39)29-15-7-9-21-8-1-2-10-24(21)29/h1-20,30-32H/t30?,31-,32-,35?/m0/s1. The van der Waals surface area contributed by atoms with E-state index < -0.39 is 17.3 Å². The summed E-state index contributed by atoms with van der Waals surface area (Å²) in [4.78, 5) is 35.7. The van der Waals surface area contributed by atoms with Crippen molar-refractivity contribution in [3.05, 3.63) is 141 Å². The fourth-order valence-electron chi connectivity index (χ4n) is 7.39. The highest BCUT2D eigenvalue weighted by Crippen LogP contribution is 2.64. The average molecular weight is 630 g/mol. The number of carbonyl (C=O) groups excluding carboxylic acids is 2. The highest BCUT2D eigenvalue weighted by Gasteiger charge is 2.68. The normalized spacial score (nSPS) is 24.4. The number of carbonyl (C=O) groups is 2. The summed E-state index contributed by atoms with van der Waals surface area (Å²) in [5, 5.41) is 1.90. The van der Waals surface area contributed by atoms with E-state index in [-0.39, 0.29) is 17.7 Å². The Labute approximate surface area is 245 Å². The van der Waals surface area contributed by atoms with Crippen LogP contribution in [0.4, 0.5) is 11.4 Å². The molecule has 3 aliphatic carbocycles. The number of nitrogens with zero attached hydrogens (tertiary/aromatic N) is 2. The van der Waals surface area contributed by atoms with E-state index in [0.29, 0.717) is 5.69 Å². The van der Waals surface area contributed by atoms with Crippen molar-refractivity contribution in [3.63, 3.8) is 0 Å². The van der Waals surface area contributed by atoms with Crippen LogP contribution in [0.1, 0.15) is 28.2 Å². The fourth-order valence-corrected chi connectivity index (χ4v) is 7.75. The molecule has 9 rings (SSSR count). The van der Waals surface area contributed by atoms with Gasteiger partial charge in [0.05, 0.1) is 28.6 Å². The Hall–Kier alpha value is -4.10. The van der Waals surface area contributed by atoms with Crippen LogP contribution in [0.25, 0.3) is 10.8 Å². The number of amides is 2. The molecule has 2 bridgehead atoms. The second-order valence-corrected chi connectivity index (χ2v) is 12.0. The van der Waals surface area contributed by atoms with Gasteiger partial charge >= 0.3 is 0 Å². The molecule has 0 aromatic heterocycles. The van der Waals surface area contributed by atoms with Crippen molar-refractivity contribution in [3.8, 4) is 0 Å². The Morgan fingerprint density at radius 3 is 2.05 bits per heavy atom. The van der Waals surface area contributed by atoms with E-state index in [0.717, 1.165) is 42.3 Å². The molecule has 40 heavy (non-hydrogen) atoms. The SMILES string of the molecule is O=C1[C@@H]2[C@@H](C(=O)N1c1cccc3ccccc13)C1c3ccccc3C2(C=Nc2ccc(I)cc2)c2ccccc21. The molecule has 1 saturated heterocycles. The average Bonchev–Trinajstić information content (AvgIpc) is 3.27. The van der Waals surface area contributed by atoms with E-state index in [1.165, 1.54) is 4.90 Å². The monoisotopic (exact) mass is 630 g/mol. The fraction of sp³-hybridized carbons (Fsp3) is 0.114. The highest BCUT2D eigenvalue weighted by atomic mass is 127. The van der Waals surface area contributed by atoms with Crippen LogP contribution in [0.5, 0.6) is 0 Å². The Kier molecular flexibility index (Phi) is 5.17. The number of benzene rings is 5. The van der Waals surface area contributed by atoms with Crippen LogP contribution in [0, 0.1) is 15.4 Å². The van der Waals surface area contributed by atoms with Gasteiger partial charge in [-0.05, 0) is 80.6 Å². The summed E-state index contributed by atoms with van der Waals surface area (Å²) in [5.41, 5.74) is 4.94. The molecule has 5 aromatic carbocycles. The Morgan fingerprint density at radius 2 is 1.32 bits per heavy atom. The lowest BCUT2D eigenvalue weighted by molar-refractivity contribution is -0.122. The molecule has 1 fully saturated rings. The number of hydrogen-bond donors (Lipinski definition) is 0. The summed E-state index contributed by atoms with van der Waals surface area (Å²) < 4.78 is 1.13. The molecule has 5 aromatic rings. The lowest BCUT2D eigenvalue weighted by Gasteiger charge is -2.52. The molecule has 4 aliphatic rings. The first-order valence-electron chi connectivity index (χ1n) is 13.4. The second kappa shape index (κ2) is 8.70. The maximum absolute atomic E-state index is 14.7. The van der Waals surface area contributed by atoms with E-state index in [2.05, 4.69) is 46.9 Å². The van der Waals surface area contributed by atoms with E-state index in [4.69, 9.17) is 4.99 Å². The minimum atomic E-state index is -0.873. The maximum atomic E-state index is 14.7. The molecule has 192 valence electrons. The zero-order valence-corrected chi connectivity index (χ0v) is 23.5. The molecule has 2 atom stereocenters. The Morgan fingerprint density at radius 1 is 0.700 bits per heavy atom. The molecular weight excluding hydrogens is 607 g/mol. The molecule has 0 unspecified atom stereocenters. The number of fused-ring (bicyclic) bond motifs is 1. The number of hydrogen-bond acceptors (Lipinski definition) is 3. The van der Waals surface area contributed by atoms with E-state index in [9.17, 15) is 9.59 Å². The second-order valence-electron chi connectivity index (χ2n) is 10.8. The van der Waals surface area contributed by atoms with Crippen LogP contribution in [0.3, 0.4) is 0 Å². The molecule has 4 nitrogen and oxygen atoms in total.